The molecule has 0 spiro atoms. The maximum absolute atomic E-state index is 10.9. The Morgan fingerprint density at radius 1 is 1.25 bits per heavy atom. The number of imide groups is 1. The van der Waals surface area contributed by atoms with Crippen molar-refractivity contribution in [2.24, 2.45) is 0 Å². The van der Waals surface area contributed by atoms with Crippen LogP contribution in [0.4, 0.5) is 4.79 Å². The summed E-state index contributed by atoms with van der Waals surface area (Å²) < 4.78 is 0. The van der Waals surface area contributed by atoms with Gasteiger partial charge in [-0.1, -0.05) is 0 Å². The van der Waals surface area contributed by atoms with Crippen LogP contribution in [0.1, 0.15) is 20.8 Å². The highest BCUT2D eigenvalue weighted by molar-refractivity contribution is 6.31. The van der Waals surface area contributed by atoms with E-state index >= 15 is 0 Å². The minimum absolute atomic E-state index is 0.00318. The van der Waals surface area contributed by atoms with Crippen molar-refractivity contribution in [1.29, 1.82) is 0 Å². The maximum Gasteiger partial charge on any atom is 0.321 e. The van der Waals surface area contributed by atoms with E-state index in [0.29, 0.717) is 0 Å². The van der Waals surface area contributed by atoms with Gasteiger partial charge in [-0.15, -0.1) is 11.6 Å². The van der Waals surface area contributed by atoms with Gasteiger partial charge in [0.2, 0.25) is 5.91 Å². The molecule has 0 aromatic carbocycles. The van der Waals surface area contributed by atoms with Gasteiger partial charge in [0.25, 0.3) is 0 Å². The number of halogens is 1. The van der Waals surface area contributed by atoms with Crippen LogP contribution in [0.25, 0.3) is 0 Å². The fourth-order valence-corrected chi connectivity index (χ4v) is 0.564. The first kappa shape index (κ1) is 11.2. The number of hydrogen-bond donors (Lipinski definition) is 2. The number of rotatable bonds is 2. The average Bonchev–Trinajstić information content (AvgIpc) is 1.84. The van der Waals surface area contributed by atoms with E-state index in [0.717, 1.165) is 0 Å². The van der Waals surface area contributed by atoms with Crippen molar-refractivity contribution in [1.82, 2.24) is 10.6 Å². The van der Waals surface area contributed by atoms with Crippen LogP contribution in [-0.4, -0.2) is 23.4 Å². The Kier molecular flexibility index (Phi) is 4.66. The van der Waals surface area contributed by atoms with Crippen molar-refractivity contribution in [2.75, 3.05) is 0 Å². The van der Waals surface area contributed by atoms with Crippen LogP contribution < -0.4 is 10.6 Å². The molecule has 2 N–H and O–H groups in total. The number of carbonyl (C=O) groups excluding carboxylic acids is 2. The Morgan fingerprint density at radius 2 is 1.75 bits per heavy atom. The lowest BCUT2D eigenvalue weighted by atomic mass is 10.4. The molecule has 0 aromatic heterocycles. The van der Waals surface area contributed by atoms with Crippen LogP contribution in [0.5, 0.6) is 0 Å². The van der Waals surface area contributed by atoms with Crippen LogP contribution >= 0.6 is 11.6 Å². The van der Waals surface area contributed by atoms with Gasteiger partial charge in [0, 0.05) is 6.04 Å². The third kappa shape index (κ3) is 4.96. The van der Waals surface area contributed by atoms with Crippen LogP contribution in [-0.2, 0) is 4.79 Å². The van der Waals surface area contributed by atoms with Gasteiger partial charge < -0.3 is 5.32 Å². The Morgan fingerprint density at radius 3 is 2.08 bits per heavy atom. The summed E-state index contributed by atoms with van der Waals surface area (Å²) in [6.07, 6.45) is 0. The predicted octanol–water partition coefficient (Wildman–Crippen LogP) is 0.848. The molecular formula is C7H13ClN2O2. The minimum Gasteiger partial charge on any atom is -0.336 e. The smallest absolute Gasteiger partial charge is 0.321 e. The van der Waals surface area contributed by atoms with Crippen molar-refractivity contribution in [3.63, 3.8) is 0 Å². The summed E-state index contributed by atoms with van der Waals surface area (Å²) in [7, 11) is 0. The molecule has 3 amide bonds. The molecule has 0 saturated heterocycles. The normalized spacial score (nSPS) is 12.4. The molecule has 0 aliphatic carbocycles. The molecule has 5 heteroatoms. The fourth-order valence-electron chi connectivity index (χ4n) is 0.510. The Labute approximate surface area is 76.7 Å². The number of alkyl halides is 1. The maximum atomic E-state index is 10.9. The summed E-state index contributed by atoms with van der Waals surface area (Å²) in [6, 6.07) is -0.508. The van der Waals surface area contributed by atoms with E-state index in [4.69, 9.17) is 11.6 Å². The monoisotopic (exact) mass is 192 g/mol. The van der Waals surface area contributed by atoms with E-state index < -0.39 is 17.3 Å². The molecule has 0 aliphatic rings. The fraction of sp³-hybridized carbons (Fsp3) is 0.714. The first-order chi connectivity index (χ1) is 5.43. The number of carbonyl (C=O) groups is 2. The summed E-state index contributed by atoms with van der Waals surface area (Å²) in [4.78, 5) is 21.7. The van der Waals surface area contributed by atoms with Gasteiger partial charge in [0.05, 0.1) is 0 Å². The topological polar surface area (TPSA) is 58.2 Å². The molecular weight excluding hydrogens is 180 g/mol. The summed E-state index contributed by atoms with van der Waals surface area (Å²) >= 11 is 5.42. The largest absolute Gasteiger partial charge is 0.336 e. The second-order valence-corrected chi connectivity index (χ2v) is 3.39. The standard InChI is InChI=1S/C7H13ClN2O2/c1-4(2)9-7(12)10-6(11)5(3)8/h4-5H,1-3H3,(H2,9,10,11,12)/t5-/m1/s1. The van der Waals surface area contributed by atoms with E-state index in [1.807, 2.05) is 0 Å². The van der Waals surface area contributed by atoms with Gasteiger partial charge in [-0.3, -0.25) is 10.1 Å². The van der Waals surface area contributed by atoms with Gasteiger partial charge in [0.1, 0.15) is 5.38 Å². The van der Waals surface area contributed by atoms with Gasteiger partial charge in [0.15, 0.2) is 0 Å². The van der Waals surface area contributed by atoms with Crippen molar-refractivity contribution in [3.05, 3.63) is 0 Å². The predicted molar refractivity (Wildman–Crippen MR) is 47.1 cm³/mol. The third-order valence-corrected chi connectivity index (χ3v) is 1.22. The number of amides is 3. The molecule has 0 aliphatic heterocycles. The summed E-state index contributed by atoms with van der Waals surface area (Å²) in [6.45, 7) is 5.10. The van der Waals surface area contributed by atoms with E-state index in [1.165, 1.54) is 6.92 Å². The van der Waals surface area contributed by atoms with E-state index in [9.17, 15) is 9.59 Å². The van der Waals surface area contributed by atoms with Crippen molar-refractivity contribution < 1.29 is 9.59 Å². The summed E-state index contributed by atoms with van der Waals surface area (Å²) in [5.74, 6) is -0.491. The zero-order valence-electron chi connectivity index (χ0n) is 7.35. The van der Waals surface area contributed by atoms with Crippen LogP contribution in [0.2, 0.25) is 0 Å². The van der Waals surface area contributed by atoms with Crippen molar-refractivity contribution in [3.8, 4) is 0 Å². The lowest BCUT2D eigenvalue weighted by molar-refractivity contribution is -0.119. The van der Waals surface area contributed by atoms with E-state index in [2.05, 4.69) is 10.6 Å². The quantitative estimate of drug-likeness (QED) is 0.638. The van der Waals surface area contributed by atoms with E-state index in [-0.39, 0.29) is 6.04 Å². The zero-order valence-corrected chi connectivity index (χ0v) is 8.11. The number of hydrogen-bond acceptors (Lipinski definition) is 2. The number of nitrogens with one attached hydrogen (secondary N) is 2. The Hall–Kier alpha value is -0.770. The summed E-state index contributed by atoms with van der Waals surface area (Å²) in [5.41, 5.74) is 0. The van der Waals surface area contributed by atoms with Gasteiger partial charge >= 0.3 is 6.03 Å². The molecule has 1 atom stereocenters. The first-order valence-electron chi connectivity index (χ1n) is 3.69. The van der Waals surface area contributed by atoms with Crippen LogP contribution in [0.15, 0.2) is 0 Å². The SMILES string of the molecule is CC(C)NC(=O)NC(=O)[C@@H](C)Cl. The second-order valence-electron chi connectivity index (χ2n) is 2.73. The van der Waals surface area contributed by atoms with Crippen LogP contribution in [0.3, 0.4) is 0 Å². The Bertz CT molecular complexity index is 180. The van der Waals surface area contributed by atoms with Crippen LogP contribution in [0, 0.1) is 0 Å². The molecule has 0 bridgehead atoms. The van der Waals surface area contributed by atoms with Crippen molar-refractivity contribution in [2.45, 2.75) is 32.2 Å². The average molecular weight is 193 g/mol. The summed E-state index contributed by atoms with van der Waals surface area (Å²) in [5, 5.41) is 3.90. The molecule has 70 valence electrons. The Balaban J connectivity index is 3.77. The zero-order chi connectivity index (χ0) is 9.72. The molecule has 0 rings (SSSR count). The third-order valence-electron chi connectivity index (χ3n) is 1.02. The highest BCUT2D eigenvalue weighted by atomic mass is 35.5. The highest BCUT2D eigenvalue weighted by Gasteiger charge is 2.12. The first-order valence-corrected chi connectivity index (χ1v) is 4.12. The molecule has 0 aromatic rings. The van der Waals surface area contributed by atoms with E-state index in [1.54, 1.807) is 13.8 Å². The molecule has 4 nitrogen and oxygen atoms in total. The highest BCUT2D eigenvalue weighted by Crippen LogP contribution is 1.91. The molecule has 0 fully saturated rings. The second kappa shape index (κ2) is 4.98. The molecule has 0 unspecified atom stereocenters. The van der Waals surface area contributed by atoms with Gasteiger partial charge in [-0.2, -0.15) is 0 Å². The lowest BCUT2D eigenvalue weighted by Gasteiger charge is -2.09. The molecule has 0 radical (unpaired) electrons. The molecule has 0 saturated carbocycles. The number of urea groups is 1. The van der Waals surface area contributed by atoms with Gasteiger partial charge in [-0.05, 0) is 20.8 Å². The van der Waals surface area contributed by atoms with Gasteiger partial charge in [-0.25, -0.2) is 4.79 Å². The van der Waals surface area contributed by atoms with Crippen molar-refractivity contribution >= 4 is 23.5 Å². The minimum atomic E-state index is -0.692. The lowest BCUT2D eigenvalue weighted by Crippen LogP contribution is -2.44. The molecule has 0 heterocycles. The molecule has 12 heavy (non-hydrogen) atoms.